The van der Waals surface area contributed by atoms with E-state index in [1.54, 1.807) is 0 Å². The van der Waals surface area contributed by atoms with Gasteiger partial charge >= 0.3 is 5.69 Å². The van der Waals surface area contributed by atoms with Gasteiger partial charge < -0.3 is 4.90 Å². The van der Waals surface area contributed by atoms with Gasteiger partial charge in [0, 0.05) is 13.1 Å². The van der Waals surface area contributed by atoms with Crippen LogP contribution in [0.3, 0.4) is 0 Å². The van der Waals surface area contributed by atoms with Crippen molar-refractivity contribution in [2.75, 3.05) is 18.0 Å². The highest BCUT2D eigenvalue weighted by Crippen LogP contribution is 2.21. The number of aromatic nitrogens is 2. The number of piperidine rings is 1. The topological polar surface area (TPSA) is 69.0 Å². The Hall–Kier alpha value is -0.940. The number of H-pyrrole nitrogens is 2. The summed E-state index contributed by atoms with van der Waals surface area (Å²) in [7, 11) is 0. The number of nitrogens with zero attached hydrogens (tertiary/aromatic N) is 1. The third-order valence-electron chi connectivity index (χ3n) is 2.54. The van der Waals surface area contributed by atoms with Crippen molar-refractivity contribution < 1.29 is 0 Å². The summed E-state index contributed by atoms with van der Waals surface area (Å²) in [6.07, 6.45) is 3.30. The number of halogens is 2. The number of nitrogens with one attached hydrogen (secondary N) is 2. The third kappa shape index (κ3) is 2.59. The summed E-state index contributed by atoms with van der Waals surface area (Å²) in [5, 5.41) is 0.0662. The second kappa shape index (κ2) is 5.41. The summed E-state index contributed by atoms with van der Waals surface area (Å²) in [5.74, 6) is 0.449. The number of rotatable bonds is 1. The van der Waals surface area contributed by atoms with Crippen LogP contribution >= 0.6 is 24.0 Å². The maximum Gasteiger partial charge on any atom is 0.327 e. The first kappa shape index (κ1) is 13.1. The lowest BCUT2D eigenvalue weighted by Gasteiger charge is -2.28. The lowest BCUT2D eigenvalue weighted by molar-refractivity contribution is 0.572. The van der Waals surface area contributed by atoms with Crippen LogP contribution in [0, 0.1) is 0 Å². The van der Waals surface area contributed by atoms with Crippen LogP contribution in [-0.4, -0.2) is 23.1 Å². The van der Waals surface area contributed by atoms with E-state index >= 15 is 0 Å². The first-order valence-electron chi connectivity index (χ1n) is 4.95. The molecule has 90 valence electrons. The van der Waals surface area contributed by atoms with Crippen molar-refractivity contribution in [1.29, 1.82) is 0 Å². The van der Waals surface area contributed by atoms with Gasteiger partial charge in [0.1, 0.15) is 10.8 Å². The van der Waals surface area contributed by atoms with E-state index in [2.05, 4.69) is 9.97 Å². The maximum absolute atomic E-state index is 11.3. The Morgan fingerprint density at radius 2 is 1.69 bits per heavy atom. The smallest absolute Gasteiger partial charge is 0.327 e. The Kier molecular flexibility index (Phi) is 4.44. The van der Waals surface area contributed by atoms with Crippen molar-refractivity contribution in [3.05, 3.63) is 25.9 Å². The first-order valence-corrected chi connectivity index (χ1v) is 5.33. The number of hydrogen-bond donors (Lipinski definition) is 2. The molecule has 5 nitrogen and oxygen atoms in total. The molecule has 1 aromatic rings. The Morgan fingerprint density at radius 3 is 2.31 bits per heavy atom. The zero-order valence-electron chi connectivity index (χ0n) is 8.59. The third-order valence-corrected chi connectivity index (χ3v) is 2.89. The largest absolute Gasteiger partial charge is 0.357 e. The molecular weight excluding hydrogens is 253 g/mol. The lowest BCUT2D eigenvalue weighted by Crippen LogP contribution is -2.35. The van der Waals surface area contributed by atoms with Gasteiger partial charge in [-0.15, -0.1) is 12.4 Å². The van der Waals surface area contributed by atoms with Gasteiger partial charge in [-0.1, -0.05) is 11.6 Å². The van der Waals surface area contributed by atoms with E-state index in [1.807, 2.05) is 4.90 Å². The predicted octanol–water partition coefficient (Wildman–Crippen LogP) is 1.13. The summed E-state index contributed by atoms with van der Waals surface area (Å²) in [5.41, 5.74) is -1.04. The molecule has 0 radical (unpaired) electrons. The summed E-state index contributed by atoms with van der Waals surface area (Å²) >= 11 is 5.84. The molecule has 0 saturated carbocycles. The normalized spacial score (nSPS) is 15.7. The van der Waals surface area contributed by atoms with E-state index in [0.717, 1.165) is 25.9 Å². The Morgan fingerprint density at radius 1 is 1.06 bits per heavy atom. The Balaban J connectivity index is 0.00000128. The fourth-order valence-electron chi connectivity index (χ4n) is 1.79. The number of anilines is 1. The summed E-state index contributed by atoms with van der Waals surface area (Å²) in [4.78, 5) is 29.0. The van der Waals surface area contributed by atoms with E-state index in [9.17, 15) is 9.59 Å². The quantitative estimate of drug-likeness (QED) is 0.800. The zero-order valence-corrected chi connectivity index (χ0v) is 10.2. The Bertz CT molecular complexity index is 463. The van der Waals surface area contributed by atoms with Crippen LogP contribution in [0.2, 0.25) is 5.02 Å². The second-order valence-corrected chi connectivity index (χ2v) is 4.00. The zero-order chi connectivity index (χ0) is 10.8. The molecule has 0 spiro atoms. The van der Waals surface area contributed by atoms with Crippen LogP contribution in [0.5, 0.6) is 0 Å². The number of hydrogen-bond acceptors (Lipinski definition) is 3. The van der Waals surface area contributed by atoms with Crippen LogP contribution in [0.4, 0.5) is 5.82 Å². The van der Waals surface area contributed by atoms with Gasteiger partial charge in [-0.05, 0) is 19.3 Å². The Labute approximate surface area is 103 Å². The fraction of sp³-hybridized carbons (Fsp3) is 0.556. The summed E-state index contributed by atoms with van der Waals surface area (Å²) < 4.78 is 0. The second-order valence-electron chi connectivity index (χ2n) is 3.62. The van der Waals surface area contributed by atoms with Crippen LogP contribution in [0.25, 0.3) is 0 Å². The van der Waals surface area contributed by atoms with Gasteiger partial charge in [0.25, 0.3) is 5.56 Å². The van der Waals surface area contributed by atoms with Crippen LogP contribution in [0.1, 0.15) is 19.3 Å². The molecule has 16 heavy (non-hydrogen) atoms. The van der Waals surface area contributed by atoms with Gasteiger partial charge in [-0.25, -0.2) is 4.79 Å². The van der Waals surface area contributed by atoms with Gasteiger partial charge in [0.2, 0.25) is 0 Å². The molecule has 1 fully saturated rings. The van der Waals surface area contributed by atoms with E-state index in [4.69, 9.17) is 11.6 Å². The molecule has 1 aliphatic rings. The molecule has 2 N–H and O–H groups in total. The molecule has 0 unspecified atom stereocenters. The average molecular weight is 266 g/mol. The van der Waals surface area contributed by atoms with Gasteiger partial charge in [-0.3, -0.25) is 14.8 Å². The van der Waals surface area contributed by atoms with Gasteiger partial charge in [0.05, 0.1) is 0 Å². The standard InChI is InChI=1S/C9H12ClN3O2.ClH/c10-6-7(11-9(15)12-8(6)14)13-4-2-1-3-5-13;/h1-5H2,(H2,11,12,14,15);1H. The van der Waals surface area contributed by atoms with Crippen molar-refractivity contribution in [3.8, 4) is 0 Å². The minimum Gasteiger partial charge on any atom is -0.357 e. The molecule has 0 atom stereocenters. The fourth-order valence-corrected chi connectivity index (χ4v) is 2.01. The lowest BCUT2D eigenvalue weighted by atomic mass is 10.1. The van der Waals surface area contributed by atoms with Crippen LogP contribution < -0.4 is 16.1 Å². The monoisotopic (exact) mass is 265 g/mol. The van der Waals surface area contributed by atoms with Gasteiger partial charge in [-0.2, -0.15) is 0 Å². The molecule has 2 heterocycles. The molecule has 0 aliphatic carbocycles. The van der Waals surface area contributed by atoms with Gasteiger partial charge in [0.15, 0.2) is 0 Å². The SMILES string of the molecule is Cl.O=c1[nH]c(N2CCCCC2)c(Cl)c(=O)[nH]1. The van der Waals surface area contributed by atoms with Crippen molar-refractivity contribution in [2.45, 2.75) is 19.3 Å². The van der Waals surface area contributed by atoms with Crippen molar-refractivity contribution in [2.24, 2.45) is 0 Å². The number of aromatic amines is 2. The molecule has 0 amide bonds. The van der Waals surface area contributed by atoms with E-state index in [-0.39, 0.29) is 17.4 Å². The molecule has 0 bridgehead atoms. The van der Waals surface area contributed by atoms with Crippen LogP contribution in [0.15, 0.2) is 9.59 Å². The van der Waals surface area contributed by atoms with Crippen molar-refractivity contribution in [3.63, 3.8) is 0 Å². The van der Waals surface area contributed by atoms with E-state index in [1.165, 1.54) is 6.42 Å². The van der Waals surface area contributed by atoms with E-state index < -0.39 is 11.2 Å². The minimum atomic E-state index is -0.527. The van der Waals surface area contributed by atoms with E-state index in [0.29, 0.717) is 5.82 Å². The predicted molar refractivity (Wildman–Crippen MR) is 66.0 cm³/mol. The highest BCUT2D eigenvalue weighted by molar-refractivity contribution is 6.32. The molecule has 7 heteroatoms. The van der Waals surface area contributed by atoms with Crippen molar-refractivity contribution in [1.82, 2.24) is 9.97 Å². The van der Waals surface area contributed by atoms with Crippen molar-refractivity contribution >= 4 is 29.8 Å². The molecular formula is C9H13Cl2N3O2. The highest BCUT2D eigenvalue weighted by atomic mass is 35.5. The molecule has 0 aromatic carbocycles. The average Bonchev–Trinajstić information content (AvgIpc) is 2.24. The molecule has 1 aliphatic heterocycles. The highest BCUT2D eigenvalue weighted by Gasteiger charge is 2.16. The first-order chi connectivity index (χ1) is 7.18. The minimum absolute atomic E-state index is 0. The molecule has 1 aromatic heterocycles. The molecule has 1 saturated heterocycles. The van der Waals surface area contributed by atoms with Crippen LogP contribution in [-0.2, 0) is 0 Å². The summed E-state index contributed by atoms with van der Waals surface area (Å²) in [6, 6.07) is 0. The molecule has 2 rings (SSSR count). The summed E-state index contributed by atoms with van der Waals surface area (Å²) in [6.45, 7) is 1.66. The maximum atomic E-state index is 11.3.